The van der Waals surface area contributed by atoms with E-state index >= 15 is 0 Å². The van der Waals surface area contributed by atoms with Crippen LogP contribution >= 0.6 is 0 Å². The highest BCUT2D eigenvalue weighted by Crippen LogP contribution is 2.39. The van der Waals surface area contributed by atoms with Gasteiger partial charge in [0.15, 0.2) is 0 Å². The number of benzene rings is 1. The van der Waals surface area contributed by atoms with Gasteiger partial charge in [-0.2, -0.15) is 0 Å². The van der Waals surface area contributed by atoms with Crippen molar-refractivity contribution >= 4 is 5.97 Å². The fraction of sp³-hybridized carbons (Fsp3) is 0.462. The van der Waals surface area contributed by atoms with Crippen LogP contribution in [0.1, 0.15) is 31.4 Å². The van der Waals surface area contributed by atoms with E-state index < -0.39 is 11.4 Å². The molecule has 0 aliphatic rings. The summed E-state index contributed by atoms with van der Waals surface area (Å²) in [6, 6.07) is 3.46. The molecule has 0 atom stereocenters. The number of ether oxygens (including phenoxy) is 1. The number of aromatic hydroxyl groups is 1. The second-order valence-corrected chi connectivity index (χ2v) is 4.74. The average molecular weight is 238 g/mol. The quantitative estimate of drug-likeness (QED) is 0.845. The Morgan fingerprint density at radius 3 is 2.47 bits per heavy atom. The highest BCUT2D eigenvalue weighted by Gasteiger charge is 2.28. The standard InChI is InChI=1S/C13H18O4/c1-8-10(17-4)6-5-9(12(8)16)13(2,3)7-11(14)15/h5-6,16H,7H2,1-4H3,(H,14,15). The molecule has 0 aromatic heterocycles. The van der Waals surface area contributed by atoms with E-state index in [1.54, 1.807) is 32.9 Å². The van der Waals surface area contributed by atoms with Crippen LogP contribution in [0.4, 0.5) is 0 Å². The van der Waals surface area contributed by atoms with Crippen molar-refractivity contribution in [1.82, 2.24) is 0 Å². The van der Waals surface area contributed by atoms with Crippen LogP contribution in [0.2, 0.25) is 0 Å². The molecular weight excluding hydrogens is 220 g/mol. The topological polar surface area (TPSA) is 66.8 Å². The third kappa shape index (κ3) is 2.70. The van der Waals surface area contributed by atoms with Gasteiger partial charge < -0.3 is 14.9 Å². The smallest absolute Gasteiger partial charge is 0.304 e. The van der Waals surface area contributed by atoms with Crippen LogP contribution in [-0.2, 0) is 10.2 Å². The summed E-state index contributed by atoms with van der Waals surface area (Å²) in [4.78, 5) is 10.8. The number of phenolic OH excluding ortho intramolecular Hbond substituents is 1. The first kappa shape index (κ1) is 13.4. The van der Waals surface area contributed by atoms with E-state index in [1.807, 2.05) is 0 Å². The van der Waals surface area contributed by atoms with E-state index in [2.05, 4.69) is 0 Å². The maximum atomic E-state index is 10.8. The zero-order valence-corrected chi connectivity index (χ0v) is 10.6. The number of aliphatic carboxylic acids is 1. The fourth-order valence-corrected chi connectivity index (χ4v) is 1.92. The second kappa shape index (κ2) is 4.65. The van der Waals surface area contributed by atoms with Gasteiger partial charge in [0.25, 0.3) is 0 Å². The second-order valence-electron chi connectivity index (χ2n) is 4.74. The van der Waals surface area contributed by atoms with E-state index in [9.17, 15) is 9.90 Å². The largest absolute Gasteiger partial charge is 0.507 e. The molecule has 0 radical (unpaired) electrons. The molecule has 1 aromatic carbocycles. The van der Waals surface area contributed by atoms with E-state index in [4.69, 9.17) is 9.84 Å². The number of phenols is 1. The van der Waals surface area contributed by atoms with Crippen LogP contribution in [0, 0.1) is 6.92 Å². The van der Waals surface area contributed by atoms with Crippen molar-refractivity contribution in [1.29, 1.82) is 0 Å². The Morgan fingerprint density at radius 1 is 1.41 bits per heavy atom. The third-order valence-corrected chi connectivity index (χ3v) is 2.92. The Morgan fingerprint density at radius 2 is 2.00 bits per heavy atom. The van der Waals surface area contributed by atoms with Crippen molar-refractivity contribution in [3.05, 3.63) is 23.3 Å². The van der Waals surface area contributed by atoms with Crippen LogP contribution in [0.25, 0.3) is 0 Å². The van der Waals surface area contributed by atoms with Crippen molar-refractivity contribution in [2.45, 2.75) is 32.6 Å². The first-order valence-corrected chi connectivity index (χ1v) is 5.38. The van der Waals surface area contributed by atoms with Gasteiger partial charge in [0, 0.05) is 16.5 Å². The lowest BCUT2D eigenvalue weighted by Gasteiger charge is -2.25. The van der Waals surface area contributed by atoms with Crippen LogP contribution in [0.3, 0.4) is 0 Å². The summed E-state index contributed by atoms with van der Waals surface area (Å²) in [5.41, 5.74) is 0.633. The molecule has 0 bridgehead atoms. The first-order chi connectivity index (χ1) is 7.79. The van der Waals surface area contributed by atoms with E-state index in [1.165, 1.54) is 7.11 Å². The van der Waals surface area contributed by atoms with E-state index in [0.29, 0.717) is 16.9 Å². The monoisotopic (exact) mass is 238 g/mol. The Hall–Kier alpha value is -1.71. The Bertz CT molecular complexity index is 435. The Labute approximate surface area is 101 Å². The summed E-state index contributed by atoms with van der Waals surface area (Å²) in [6.07, 6.45) is -0.0354. The highest BCUT2D eigenvalue weighted by atomic mass is 16.5. The molecule has 17 heavy (non-hydrogen) atoms. The number of hydrogen-bond acceptors (Lipinski definition) is 3. The SMILES string of the molecule is COc1ccc(C(C)(C)CC(=O)O)c(O)c1C. The number of methoxy groups -OCH3 is 1. The molecule has 0 amide bonds. The van der Waals surface area contributed by atoms with Crippen LogP contribution in [0.5, 0.6) is 11.5 Å². The highest BCUT2D eigenvalue weighted by molar-refractivity contribution is 5.69. The minimum absolute atomic E-state index is 0.0354. The molecule has 0 unspecified atom stereocenters. The van der Waals surface area contributed by atoms with Gasteiger partial charge in [-0.1, -0.05) is 19.9 Å². The molecule has 0 saturated carbocycles. The maximum absolute atomic E-state index is 10.8. The molecule has 1 rings (SSSR count). The minimum atomic E-state index is -0.886. The number of rotatable bonds is 4. The zero-order chi connectivity index (χ0) is 13.2. The van der Waals surface area contributed by atoms with Crippen LogP contribution in [0.15, 0.2) is 12.1 Å². The minimum Gasteiger partial charge on any atom is -0.507 e. The molecular formula is C13H18O4. The summed E-state index contributed by atoms with van der Waals surface area (Å²) in [6.45, 7) is 5.33. The summed E-state index contributed by atoms with van der Waals surface area (Å²) in [7, 11) is 1.53. The Balaban J connectivity index is 3.24. The molecule has 4 nitrogen and oxygen atoms in total. The van der Waals surface area contributed by atoms with Gasteiger partial charge in [-0.15, -0.1) is 0 Å². The summed E-state index contributed by atoms with van der Waals surface area (Å²) in [5, 5.41) is 19.0. The number of carboxylic acids is 1. The van der Waals surface area contributed by atoms with Crippen molar-refractivity contribution in [3.8, 4) is 11.5 Å². The third-order valence-electron chi connectivity index (χ3n) is 2.92. The van der Waals surface area contributed by atoms with Gasteiger partial charge in [0.1, 0.15) is 11.5 Å². The van der Waals surface area contributed by atoms with Gasteiger partial charge >= 0.3 is 5.97 Å². The zero-order valence-electron chi connectivity index (χ0n) is 10.6. The van der Waals surface area contributed by atoms with Gasteiger partial charge in [-0.25, -0.2) is 0 Å². The lowest BCUT2D eigenvalue weighted by Crippen LogP contribution is -2.22. The molecule has 0 aliphatic heterocycles. The number of hydrogen-bond donors (Lipinski definition) is 2. The van der Waals surface area contributed by atoms with Crippen molar-refractivity contribution in [2.24, 2.45) is 0 Å². The molecule has 0 fully saturated rings. The lowest BCUT2D eigenvalue weighted by atomic mass is 9.80. The summed E-state index contributed by atoms with van der Waals surface area (Å²) >= 11 is 0. The lowest BCUT2D eigenvalue weighted by molar-refractivity contribution is -0.138. The van der Waals surface area contributed by atoms with Crippen molar-refractivity contribution in [2.75, 3.05) is 7.11 Å². The molecule has 0 heterocycles. The van der Waals surface area contributed by atoms with Crippen molar-refractivity contribution < 1.29 is 19.7 Å². The molecule has 0 saturated heterocycles. The van der Waals surface area contributed by atoms with Gasteiger partial charge in [-0.05, 0) is 13.0 Å². The summed E-state index contributed by atoms with van der Waals surface area (Å²) < 4.78 is 5.10. The molecule has 0 spiro atoms. The van der Waals surface area contributed by atoms with E-state index in [0.717, 1.165) is 0 Å². The molecule has 4 heteroatoms. The normalized spacial score (nSPS) is 11.3. The molecule has 1 aromatic rings. The molecule has 94 valence electrons. The molecule has 2 N–H and O–H groups in total. The number of carboxylic acid groups (broad SMARTS) is 1. The fourth-order valence-electron chi connectivity index (χ4n) is 1.92. The van der Waals surface area contributed by atoms with Gasteiger partial charge in [-0.3, -0.25) is 4.79 Å². The van der Waals surface area contributed by atoms with Crippen LogP contribution in [-0.4, -0.2) is 23.3 Å². The first-order valence-electron chi connectivity index (χ1n) is 5.38. The van der Waals surface area contributed by atoms with Gasteiger partial charge in [0.2, 0.25) is 0 Å². The molecule has 0 aliphatic carbocycles. The maximum Gasteiger partial charge on any atom is 0.304 e. The number of carbonyl (C=O) groups is 1. The summed E-state index contributed by atoms with van der Waals surface area (Å²) in [5.74, 6) is -0.184. The van der Waals surface area contributed by atoms with Gasteiger partial charge in [0.05, 0.1) is 13.5 Å². The van der Waals surface area contributed by atoms with Crippen molar-refractivity contribution in [3.63, 3.8) is 0 Å². The average Bonchev–Trinajstić information content (AvgIpc) is 2.19. The predicted molar refractivity (Wildman–Crippen MR) is 64.7 cm³/mol. The van der Waals surface area contributed by atoms with E-state index in [-0.39, 0.29) is 12.2 Å². The Kier molecular flexibility index (Phi) is 3.66. The van der Waals surface area contributed by atoms with Crippen LogP contribution < -0.4 is 4.74 Å². The predicted octanol–water partition coefficient (Wildman–Crippen LogP) is 2.46.